The van der Waals surface area contributed by atoms with E-state index < -0.39 is 33.4 Å². The van der Waals surface area contributed by atoms with Crippen LogP contribution in [0.4, 0.5) is 24.5 Å². The van der Waals surface area contributed by atoms with Crippen molar-refractivity contribution in [2.45, 2.75) is 18.0 Å². The number of halogens is 5. The van der Waals surface area contributed by atoms with Crippen molar-refractivity contribution >= 4 is 50.5 Å². The quantitative estimate of drug-likeness (QED) is 0.365. The maximum atomic E-state index is 13.0. The average molecular weight is 533 g/mol. The highest BCUT2D eigenvalue weighted by molar-refractivity contribution is 7.92. The van der Waals surface area contributed by atoms with Gasteiger partial charge < -0.3 is 10.1 Å². The number of nitrogens with one attached hydrogen (secondary N) is 2. The first-order chi connectivity index (χ1) is 15.9. The summed E-state index contributed by atoms with van der Waals surface area (Å²) in [5.74, 6) is -0.359. The third-order valence-electron chi connectivity index (χ3n) is 4.45. The van der Waals surface area contributed by atoms with Crippen LogP contribution < -0.4 is 14.8 Å². The van der Waals surface area contributed by atoms with Crippen LogP contribution in [0, 0.1) is 0 Å². The standard InChI is InChI=1S/C22H17Cl2F3N2O4S/c1-2-33-20-10-8-16(12-19(20)28-21(30)13-3-6-15(23)7-4-13)34(31,32)29-18-11-14(22(25,26)27)5-9-17(18)24/h3-12,29H,2H2,1H3,(H,28,30). The number of amides is 1. The highest BCUT2D eigenvalue weighted by atomic mass is 35.5. The second-order valence-corrected chi connectivity index (χ2v) is 9.38. The monoisotopic (exact) mass is 532 g/mol. The average Bonchev–Trinajstić information content (AvgIpc) is 2.76. The Morgan fingerprint density at radius 3 is 2.26 bits per heavy atom. The Kier molecular flexibility index (Phi) is 7.64. The summed E-state index contributed by atoms with van der Waals surface area (Å²) in [5.41, 5.74) is -1.22. The Balaban J connectivity index is 1.95. The number of hydrogen-bond donors (Lipinski definition) is 2. The molecule has 0 bridgehead atoms. The number of carbonyl (C=O) groups is 1. The molecule has 0 aromatic heterocycles. The molecule has 0 atom stereocenters. The number of benzene rings is 3. The van der Waals surface area contributed by atoms with Gasteiger partial charge in [-0.3, -0.25) is 9.52 Å². The molecule has 0 heterocycles. The number of hydrogen-bond acceptors (Lipinski definition) is 4. The smallest absolute Gasteiger partial charge is 0.416 e. The summed E-state index contributed by atoms with van der Waals surface area (Å²) in [6, 6.07) is 11.9. The van der Waals surface area contributed by atoms with Gasteiger partial charge in [0.15, 0.2) is 0 Å². The number of anilines is 2. The van der Waals surface area contributed by atoms with E-state index in [1.165, 1.54) is 36.4 Å². The van der Waals surface area contributed by atoms with E-state index in [1.54, 1.807) is 6.92 Å². The molecule has 0 radical (unpaired) electrons. The van der Waals surface area contributed by atoms with Crippen molar-refractivity contribution in [2.75, 3.05) is 16.6 Å². The topological polar surface area (TPSA) is 84.5 Å². The third kappa shape index (κ3) is 6.13. The van der Waals surface area contributed by atoms with Gasteiger partial charge in [0.1, 0.15) is 5.75 Å². The SMILES string of the molecule is CCOc1ccc(S(=O)(=O)Nc2cc(C(F)(F)F)ccc2Cl)cc1NC(=O)c1ccc(Cl)cc1. The maximum absolute atomic E-state index is 13.0. The lowest BCUT2D eigenvalue weighted by atomic mass is 10.2. The molecule has 0 aliphatic heterocycles. The maximum Gasteiger partial charge on any atom is 0.416 e. The molecule has 0 saturated heterocycles. The summed E-state index contributed by atoms with van der Waals surface area (Å²) >= 11 is 11.7. The minimum absolute atomic E-state index is 0.0415. The van der Waals surface area contributed by atoms with Crippen molar-refractivity contribution in [3.63, 3.8) is 0 Å². The minimum atomic E-state index is -4.69. The first-order valence-electron chi connectivity index (χ1n) is 9.64. The summed E-state index contributed by atoms with van der Waals surface area (Å²) in [4.78, 5) is 12.3. The number of rotatable bonds is 7. The predicted octanol–water partition coefficient (Wildman–Crippen LogP) is 6.46. The molecular formula is C22H17Cl2F3N2O4S. The summed E-state index contributed by atoms with van der Waals surface area (Å²) in [7, 11) is -4.38. The lowest BCUT2D eigenvalue weighted by Crippen LogP contribution is -2.16. The van der Waals surface area contributed by atoms with Crippen LogP contribution in [0.1, 0.15) is 22.8 Å². The van der Waals surface area contributed by atoms with Gasteiger partial charge in [-0.05, 0) is 67.6 Å². The van der Waals surface area contributed by atoms with E-state index in [2.05, 4.69) is 10.0 Å². The summed E-state index contributed by atoms with van der Waals surface area (Å²) in [6.07, 6.45) is -4.69. The zero-order chi connectivity index (χ0) is 25.1. The van der Waals surface area contributed by atoms with E-state index in [1.807, 2.05) is 0 Å². The Labute approximate surface area is 203 Å². The summed E-state index contributed by atoms with van der Waals surface area (Å²) < 4.78 is 72.4. The fraction of sp³-hybridized carbons (Fsp3) is 0.136. The minimum Gasteiger partial charge on any atom is -0.492 e. The zero-order valence-corrected chi connectivity index (χ0v) is 19.7. The van der Waals surface area contributed by atoms with E-state index >= 15 is 0 Å². The molecule has 1 amide bonds. The van der Waals surface area contributed by atoms with Gasteiger partial charge in [0, 0.05) is 10.6 Å². The molecule has 12 heteroatoms. The second kappa shape index (κ2) is 10.1. The zero-order valence-electron chi connectivity index (χ0n) is 17.4. The number of ether oxygens (including phenoxy) is 1. The molecule has 0 aliphatic carbocycles. The molecule has 0 fully saturated rings. The van der Waals surface area contributed by atoms with Crippen molar-refractivity contribution in [3.05, 3.63) is 81.8 Å². The molecule has 2 N–H and O–H groups in total. The van der Waals surface area contributed by atoms with E-state index in [9.17, 15) is 26.4 Å². The lowest BCUT2D eigenvalue weighted by Gasteiger charge is -2.16. The van der Waals surface area contributed by atoms with Crippen LogP contribution in [-0.4, -0.2) is 20.9 Å². The number of sulfonamides is 1. The van der Waals surface area contributed by atoms with Gasteiger partial charge in [-0.1, -0.05) is 23.2 Å². The molecule has 0 unspecified atom stereocenters. The second-order valence-electron chi connectivity index (χ2n) is 6.85. The van der Waals surface area contributed by atoms with Crippen LogP contribution in [0.3, 0.4) is 0 Å². The summed E-state index contributed by atoms with van der Waals surface area (Å²) in [6.45, 7) is 1.93. The number of alkyl halides is 3. The first kappa shape index (κ1) is 25.7. The summed E-state index contributed by atoms with van der Waals surface area (Å²) in [5, 5.41) is 2.78. The molecule has 6 nitrogen and oxygen atoms in total. The molecule has 3 aromatic rings. The van der Waals surface area contributed by atoms with Gasteiger partial charge in [-0.2, -0.15) is 13.2 Å². The van der Waals surface area contributed by atoms with E-state index in [4.69, 9.17) is 27.9 Å². The Hall–Kier alpha value is -2.95. The molecular weight excluding hydrogens is 516 g/mol. The van der Waals surface area contributed by atoms with Crippen LogP contribution in [0.5, 0.6) is 5.75 Å². The van der Waals surface area contributed by atoms with Gasteiger partial charge in [0.05, 0.1) is 33.5 Å². The van der Waals surface area contributed by atoms with Crippen molar-refractivity contribution in [1.82, 2.24) is 0 Å². The highest BCUT2D eigenvalue weighted by Gasteiger charge is 2.31. The Bertz CT molecular complexity index is 1310. The first-order valence-corrected chi connectivity index (χ1v) is 11.9. The largest absolute Gasteiger partial charge is 0.492 e. The third-order valence-corrected chi connectivity index (χ3v) is 6.40. The van der Waals surface area contributed by atoms with Crippen molar-refractivity contribution in [3.8, 4) is 5.75 Å². The van der Waals surface area contributed by atoms with Crippen molar-refractivity contribution in [1.29, 1.82) is 0 Å². The molecule has 3 rings (SSSR count). The van der Waals surface area contributed by atoms with Gasteiger partial charge in [-0.25, -0.2) is 8.42 Å². The Morgan fingerprint density at radius 2 is 1.65 bits per heavy atom. The predicted molar refractivity (Wildman–Crippen MR) is 124 cm³/mol. The highest BCUT2D eigenvalue weighted by Crippen LogP contribution is 2.35. The van der Waals surface area contributed by atoms with Gasteiger partial charge in [0.25, 0.3) is 15.9 Å². The molecule has 180 valence electrons. The van der Waals surface area contributed by atoms with Crippen LogP contribution in [0.2, 0.25) is 10.0 Å². The van der Waals surface area contributed by atoms with Crippen LogP contribution >= 0.6 is 23.2 Å². The van der Waals surface area contributed by atoms with E-state index in [0.717, 1.165) is 18.2 Å². The van der Waals surface area contributed by atoms with E-state index in [0.29, 0.717) is 11.1 Å². The molecule has 34 heavy (non-hydrogen) atoms. The number of carbonyl (C=O) groups excluding carboxylic acids is 1. The molecule has 0 saturated carbocycles. The fourth-order valence-electron chi connectivity index (χ4n) is 2.83. The molecule has 0 aliphatic rings. The fourth-order valence-corrected chi connectivity index (χ4v) is 4.28. The van der Waals surface area contributed by atoms with Crippen LogP contribution in [0.25, 0.3) is 0 Å². The van der Waals surface area contributed by atoms with Gasteiger partial charge >= 0.3 is 6.18 Å². The van der Waals surface area contributed by atoms with Crippen molar-refractivity contribution in [2.24, 2.45) is 0 Å². The van der Waals surface area contributed by atoms with E-state index in [-0.39, 0.29) is 33.5 Å². The van der Waals surface area contributed by atoms with Gasteiger partial charge in [0.2, 0.25) is 0 Å². The normalized spacial score (nSPS) is 11.7. The van der Waals surface area contributed by atoms with Crippen LogP contribution in [-0.2, 0) is 16.2 Å². The Morgan fingerprint density at radius 1 is 0.971 bits per heavy atom. The lowest BCUT2D eigenvalue weighted by molar-refractivity contribution is -0.137. The van der Waals surface area contributed by atoms with Crippen LogP contribution in [0.15, 0.2) is 65.6 Å². The van der Waals surface area contributed by atoms with Crippen molar-refractivity contribution < 1.29 is 31.1 Å². The van der Waals surface area contributed by atoms with Gasteiger partial charge in [-0.15, -0.1) is 0 Å². The molecule has 3 aromatic carbocycles. The molecule has 0 spiro atoms.